The molecular formula is C12H15N5O3. The second kappa shape index (κ2) is 5.06. The van der Waals surface area contributed by atoms with Gasteiger partial charge < -0.3 is 20.4 Å². The van der Waals surface area contributed by atoms with Gasteiger partial charge in [-0.3, -0.25) is 10.1 Å². The lowest BCUT2D eigenvalue weighted by atomic mass is 10.2. The number of anilines is 1. The lowest BCUT2D eigenvalue weighted by molar-refractivity contribution is -0.384. The van der Waals surface area contributed by atoms with Crippen molar-refractivity contribution in [3.05, 3.63) is 28.3 Å². The van der Waals surface area contributed by atoms with Crippen molar-refractivity contribution in [3.8, 4) is 0 Å². The number of nitro benzene ring substituents is 1. The summed E-state index contributed by atoms with van der Waals surface area (Å²) < 4.78 is 5.40. The third-order valence-electron chi connectivity index (χ3n) is 3.44. The minimum absolute atomic E-state index is 0.0463. The Labute approximate surface area is 114 Å². The van der Waals surface area contributed by atoms with Crippen LogP contribution in [0.15, 0.2) is 18.2 Å². The highest BCUT2D eigenvalue weighted by Gasteiger charge is 2.24. The summed E-state index contributed by atoms with van der Waals surface area (Å²) >= 11 is 0. The minimum Gasteiger partial charge on any atom is -0.377 e. The molecule has 0 saturated carbocycles. The van der Waals surface area contributed by atoms with E-state index in [0.29, 0.717) is 43.3 Å². The number of hydrogen-bond acceptors (Lipinski definition) is 6. The number of nitrogens with two attached hydrogens (primary N) is 1. The fourth-order valence-electron chi connectivity index (χ4n) is 2.36. The number of ether oxygens (including phenoxy) is 1. The standard InChI is InChI=1S/C12H15N5O3/c13-6-9-7-20-4-3-16(9)12-14-10-2-1-8(17(18)19)5-11(10)15-12/h1-2,5,9H,3-4,6-7,13H2,(H,14,15). The van der Waals surface area contributed by atoms with E-state index in [1.807, 2.05) is 0 Å². The average molecular weight is 277 g/mol. The van der Waals surface area contributed by atoms with Crippen LogP contribution in [0.1, 0.15) is 0 Å². The lowest BCUT2D eigenvalue weighted by Gasteiger charge is -2.34. The van der Waals surface area contributed by atoms with Crippen LogP contribution in [0, 0.1) is 10.1 Å². The van der Waals surface area contributed by atoms with Crippen LogP contribution in [-0.2, 0) is 4.74 Å². The van der Waals surface area contributed by atoms with Gasteiger partial charge in [0, 0.05) is 25.2 Å². The molecule has 106 valence electrons. The Morgan fingerprint density at radius 1 is 1.60 bits per heavy atom. The first-order valence-corrected chi connectivity index (χ1v) is 6.37. The summed E-state index contributed by atoms with van der Waals surface area (Å²) in [7, 11) is 0. The Morgan fingerprint density at radius 3 is 3.20 bits per heavy atom. The summed E-state index contributed by atoms with van der Waals surface area (Å²) in [4.78, 5) is 20.0. The molecule has 1 fully saturated rings. The molecule has 0 bridgehead atoms. The summed E-state index contributed by atoms with van der Waals surface area (Å²) in [5, 5.41) is 10.8. The molecule has 1 unspecified atom stereocenters. The highest BCUT2D eigenvalue weighted by atomic mass is 16.6. The van der Waals surface area contributed by atoms with E-state index in [9.17, 15) is 10.1 Å². The number of nitrogens with one attached hydrogen (secondary N) is 1. The van der Waals surface area contributed by atoms with Crippen molar-refractivity contribution in [3.63, 3.8) is 0 Å². The number of fused-ring (bicyclic) bond motifs is 1. The number of morpholine rings is 1. The van der Waals surface area contributed by atoms with E-state index in [-0.39, 0.29) is 11.7 Å². The zero-order valence-electron chi connectivity index (χ0n) is 10.8. The molecule has 8 nitrogen and oxygen atoms in total. The number of aromatic nitrogens is 2. The van der Waals surface area contributed by atoms with E-state index < -0.39 is 4.92 Å². The van der Waals surface area contributed by atoms with Gasteiger partial charge in [0.2, 0.25) is 5.95 Å². The molecule has 0 aliphatic carbocycles. The molecule has 3 N–H and O–H groups in total. The molecule has 1 aromatic heterocycles. The maximum absolute atomic E-state index is 10.8. The van der Waals surface area contributed by atoms with Gasteiger partial charge in [0.1, 0.15) is 0 Å². The molecule has 2 aromatic rings. The fraction of sp³-hybridized carbons (Fsp3) is 0.417. The third kappa shape index (κ3) is 2.19. The highest BCUT2D eigenvalue weighted by molar-refractivity contribution is 5.80. The highest BCUT2D eigenvalue weighted by Crippen LogP contribution is 2.23. The minimum atomic E-state index is -0.419. The van der Waals surface area contributed by atoms with Crippen molar-refractivity contribution in [1.82, 2.24) is 9.97 Å². The van der Waals surface area contributed by atoms with Crippen molar-refractivity contribution in [2.75, 3.05) is 31.2 Å². The molecule has 8 heteroatoms. The Hall–Kier alpha value is -2.19. The maximum Gasteiger partial charge on any atom is 0.271 e. The van der Waals surface area contributed by atoms with Crippen LogP contribution in [-0.4, -0.2) is 47.2 Å². The number of imidazole rings is 1. The molecule has 0 radical (unpaired) electrons. The largest absolute Gasteiger partial charge is 0.377 e. The van der Waals surface area contributed by atoms with E-state index in [2.05, 4.69) is 14.9 Å². The zero-order valence-corrected chi connectivity index (χ0v) is 10.8. The van der Waals surface area contributed by atoms with Crippen LogP contribution in [0.5, 0.6) is 0 Å². The number of aromatic amines is 1. The number of H-pyrrole nitrogens is 1. The van der Waals surface area contributed by atoms with Gasteiger partial charge in [-0.25, -0.2) is 4.98 Å². The molecule has 1 atom stereocenters. The maximum atomic E-state index is 10.8. The SMILES string of the molecule is NCC1COCCN1c1nc2ccc([N+](=O)[O-])cc2[nH]1. The molecule has 2 heterocycles. The molecular weight excluding hydrogens is 262 g/mol. The second-order valence-electron chi connectivity index (χ2n) is 4.68. The summed E-state index contributed by atoms with van der Waals surface area (Å²) in [5.74, 6) is 0.680. The van der Waals surface area contributed by atoms with Crippen LogP contribution < -0.4 is 10.6 Å². The molecule has 1 aromatic carbocycles. The van der Waals surface area contributed by atoms with Crippen molar-refractivity contribution in [2.24, 2.45) is 5.73 Å². The fourth-order valence-corrected chi connectivity index (χ4v) is 2.36. The van der Waals surface area contributed by atoms with Crippen LogP contribution in [0.2, 0.25) is 0 Å². The molecule has 0 amide bonds. The van der Waals surface area contributed by atoms with E-state index in [1.165, 1.54) is 12.1 Å². The van der Waals surface area contributed by atoms with Gasteiger partial charge in [0.15, 0.2) is 0 Å². The molecule has 1 aliphatic rings. The number of benzene rings is 1. The van der Waals surface area contributed by atoms with Crippen LogP contribution >= 0.6 is 0 Å². The first kappa shape index (κ1) is 12.8. The smallest absolute Gasteiger partial charge is 0.271 e. The Bertz CT molecular complexity index is 641. The quantitative estimate of drug-likeness (QED) is 0.629. The van der Waals surface area contributed by atoms with Gasteiger partial charge in [0.25, 0.3) is 5.69 Å². The summed E-state index contributed by atoms with van der Waals surface area (Å²) in [6, 6.07) is 4.65. The van der Waals surface area contributed by atoms with E-state index >= 15 is 0 Å². The molecule has 3 rings (SSSR count). The van der Waals surface area contributed by atoms with Gasteiger partial charge in [-0.2, -0.15) is 0 Å². The van der Waals surface area contributed by atoms with Gasteiger partial charge in [0.05, 0.1) is 35.2 Å². The molecule has 20 heavy (non-hydrogen) atoms. The van der Waals surface area contributed by atoms with Crippen LogP contribution in [0.3, 0.4) is 0 Å². The van der Waals surface area contributed by atoms with Crippen molar-refractivity contribution in [1.29, 1.82) is 0 Å². The first-order chi connectivity index (χ1) is 9.69. The topological polar surface area (TPSA) is 110 Å². The van der Waals surface area contributed by atoms with E-state index in [0.717, 1.165) is 0 Å². The normalized spacial score (nSPS) is 19.4. The molecule has 1 saturated heterocycles. The first-order valence-electron chi connectivity index (χ1n) is 6.37. The van der Waals surface area contributed by atoms with Gasteiger partial charge in [-0.15, -0.1) is 0 Å². The van der Waals surface area contributed by atoms with Gasteiger partial charge in [-0.1, -0.05) is 0 Å². The number of nitro groups is 1. The van der Waals surface area contributed by atoms with Crippen molar-refractivity contribution < 1.29 is 9.66 Å². The summed E-state index contributed by atoms with van der Waals surface area (Å²) in [6.07, 6.45) is 0. The Balaban J connectivity index is 1.97. The van der Waals surface area contributed by atoms with Crippen LogP contribution in [0.4, 0.5) is 11.6 Å². The monoisotopic (exact) mass is 277 g/mol. The number of non-ortho nitro benzene ring substituents is 1. The summed E-state index contributed by atoms with van der Waals surface area (Å²) in [6.45, 7) is 2.35. The van der Waals surface area contributed by atoms with Gasteiger partial charge >= 0.3 is 0 Å². The van der Waals surface area contributed by atoms with Gasteiger partial charge in [-0.05, 0) is 6.07 Å². The van der Waals surface area contributed by atoms with Crippen molar-refractivity contribution in [2.45, 2.75) is 6.04 Å². The predicted molar refractivity (Wildman–Crippen MR) is 73.8 cm³/mol. The lowest BCUT2D eigenvalue weighted by Crippen LogP contribution is -2.50. The predicted octanol–water partition coefficient (Wildman–Crippen LogP) is 0.635. The Kier molecular flexibility index (Phi) is 3.25. The number of hydrogen-bond donors (Lipinski definition) is 2. The zero-order chi connectivity index (χ0) is 14.1. The average Bonchev–Trinajstić information content (AvgIpc) is 2.89. The van der Waals surface area contributed by atoms with E-state index in [1.54, 1.807) is 6.07 Å². The van der Waals surface area contributed by atoms with E-state index in [4.69, 9.17) is 10.5 Å². The van der Waals surface area contributed by atoms with Crippen LogP contribution in [0.25, 0.3) is 11.0 Å². The Morgan fingerprint density at radius 2 is 2.45 bits per heavy atom. The second-order valence-corrected chi connectivity index (χ2v) is 4.68. The van der Waals surface area contributed by atoms with Crippen molar-refractivity contribution >= 4 is 22.7 Å². The molecule has 0 spiro atoms. The third-order valence-corrected chi connectivity index (χ3v) is 3.44. The number of nitrogens with zero attached hydrogens (tertiary/aromatic N) is 3. The number of rotatable bonds is 3. The summed E-state index contributed by atoms with van der Waals surface area (Å²) in [5.41, 5.74) is 7.13. The molecule has 1 aliphatic heterocycles.